The number of aromatic nitrogens is 2. The van der Waals surface area contributed by atoms with E-state index in [0.717, 1.165) is 17.6 Å². The molecule has 14 heavy (non-hydrogen) atoms. The van der Waals surface area contributed by atoms with Crippen molar-refractivity contribution >= 4 is 43.0 Å². The lowest BCUT2D eigenvalue weighted by Crippen LogP contribution is -1.94. The largest absolute Gasteiger partial charge is 0.243 e. The van der Waals surface area contributed by atoms with Crippen molar-refractivity contribution in [2.24, 2.45) is 0 Å². The summed E-state index contributed by atoms with van der Waals surface area (Å²) in [5.74, 6) is 0. The van der Waals surface area contributed by atoms with Gasteiger partial charge >= 0.3 is 0 Å². The van der Waals surface area contributed by atoms with E-state index in [1.807, 2.05) is 0 Å². The quantitative estimate of drug-likeness (QED) is 0.722. The standard InChI is InChI=1S/C7H5ClN2O2S2/c1-14(11,12)7-10-4-2-3-9-6(8)5(4)13-7/h2-3H,1H3. The smallest absolute Gasteiger partial charge is 0.210 e. The fourth-order valence-electron chi connectivity index (χ4n) is 0.963. The lowest BCUT2D eigenvalue weighted by Gasteiger charge is -1.86. The maximum absolute atomic E-state index is 11.2. The lowest BCUT2D eigenvalue weighted by molar-refractivity contribution is 0.601. The molecule has 2 aromatic heterocycles. The van der Waals surface area contributed by atoms with Gasteiger partial charge in [0.15, 0.2) is 0 Å². The molecule has 0 atom stereocenters. The summed E-state index contributed by atoms with van der Waals surface area (Å²) < 4.78 is 23.1. The van der Waals surface area contributed by atoms with Crippen LogP contribution in [0, 0.1) is 0 Å². The van der Waals surface area contributed by atoms with Crippen LogP contribution in [0.2, 0.25) is 5.15 Å². The third kappa shape index (κ3) is 1.60. The van der Waals surface area contributed by atoms with Crippen molar-refractivity contribution in [2.45, 2.75) is 4.34 Å². The molecule has 0 fully saturated rings. The maximum Gasteiger partial charge on any atom is 0.210 e. The Kier molecular flexibility index (Phi) is 2.21. The SMILES string of the molecule is CS(=O)(=O)c1nc2ccnc(Cl)c2s1. The molecule has 0 aliphatic rings. The highest BCUT2D eigenvalue weighted by Gasteiger charge is 2.15. The summed E-state index contributed by atoms with van der Waals surface area (Å²) in [4.78, 5) is 7.79. The molecule has 0 unspecified atom stereocenters. The van der Waals surface area contributed by atoms with Crippen molar-refractivity contribution in [1.29, 1.82) is 0 Å². The van der Waals surface area contributed by atoms with Crippen LogP contribution < -0.4 is 0 Å². The van der Waals surface area contributed by atoms with Crippen molar-refractivity contribution in [1.82, 2.24) is 9.97 Å². The second-order valence-electron chi connectivity index (χ2n) is 2.70. The summed E-state index contributed by atoms with van der Waals surface area (Å²) >= 11 is 6.82. The minimum absolute atomic E-state index is 0.0717. The van der Waals surface area contributed by atoms with Crippen LogP contribution in [0.5, 0.6) is 0 Å². The monoisotopic (exact) mass is 248 g/mol. The Morgan fingerprint density at radius 1 is 1.50 bits per heavy atom. The predicted octanol–water partition coefficient (Wildman–Crippen LogP) is 1.75. The number of fused-ring (bicyclic) bond motifs is 1. The minimum atomic E-state index is -3.26. The third-order valence-corrected chi connectivity index (χ3v) is 4.71. The molecule has 7 heteroatoms. The zero-order valence-corrected chi connectivity index (χ0v) is 9.45. The first-order valence-electron chi connectivity index (χ1n) is 3.59. The van der Waals surface area contributed by atoms with Crippen LogP contribution in [0.1, 0.15) is 0 Å². The van der Waals surface area contributed by atoms with E-state index in [4.69, 9.17) is 11.6 Å². The molecule has 0 aliphatic heterocycles. The Morgan fingerprint density at radius 3 is 2.79 bits per heavy atom. The zero-order chi connectivity index (χ0) is 10.3. The van der Waals surface area contributed by atoms with E-state index < -0.39 is 9.84 Å². The Labute approximate surface area is 89.5 Å². The Bertz CT molecular complexity index is 591. The van der Waals surface area contributed by atoms with Crippen LogP contribution in [0.25, 0.3) is 10.2 Å². The first-order valence-corrected chi connectivity index (χ1v) is 6.68. The highest BCUT2D eigenvalue weighted by atomic mass is 35.5. The molecule has 2 aromatic rings. The van der Waals surface area contributed by atoms with Gasteiger partial charge in [-0.1, -0.05) is 22.9 Å². The maximum atomic E-state index is 11.2. The second kappa shape index (κ2) is 3.15. The highest BCUT2D eigenvalue weighted by Crippen LogP contribution is 2.29. The summed E-state index contributed by atoms with van der Waals surface area (Å²) in [6.07, 6.45) is 2.61. The van der Waals surface area contributed by atoms with Crippen molar-refractivity contribution < 1.29 is 8.42 Å². The third-order valence-electron chi connectivity index (χ3n) is 1.56. The summed E-state index contributed by atoms with van der Waals surface area (Å²) in [6.45, 7) is 0. The van der Waals surface area contributed by atoms with E-state index in [1.165, 1.54) is 6.20 Å². The molecule has 2 rings (SSSR count). The van der Waals surface area contributed by atoms with Gasteiger partial charge in [-0.15, -0.1) is 0 Å². The lowest BCUT2D eigenvalue weighted by atomic mass is 10.4. The van der Waals surface area contributed by atoms with Crippen LogP contribution >= 0.6 is 22.9 Å². The molecular weight excluding hydrogens is 244 g/mol. The molecule has 4 nitrogen and oxygen atoms in total. The molecule has 74 valence electrons. The number of pyridine rings is 1. The van der Waals surface area contributed by atoms with Crippen LogP contribution in [-0.2, 0) is 9.84 Å². The average molecular weight is 249 g/mol. The van der Waals surface area contributed by atoms with E-state index in [1.54, 1.807) is 6.07 Å². The van der Waals surface area contributed by atoms with Crippen molar-refractivity contribution in [2.75, 3.05) is 6.26 Å². The van der Waals surface area contributed by atoms with Crippen LogP contribution in [0.15, 0.2) is 16.6 Å². The molecular formula is C7H5ClN2O2S2. The molecule has 0 N–H and O–H groups in total. The molecule has 0 aromatic carbocycles. The van der Waals surface area contributed by atoms with Crippen molar-refractivity contribution in [3.8, 4) is 0 Å². The first-order chi connectivity index (χ1) is 6.48. The van der Waals surface area contributed by atoms with Crippen LogP contribution in [0.4, 0.5) is 0 Å². The number of sulfone groups is 1. The molecule has 0 amide bonds. The Morgan fingerprint density at radius 2 is 2.21 bits per heavy atom. The van der Waals surface area contributed by atoms with Crippen LogP contribution in [-0.4, -0.2) is 24.6 Å². The molecule has 0 saturated carbocycles. The van der Waals surface area contributed by atoms with E-state index in [9.17, 15) is 8.42 Å². The fraction of sp³-hybridized carbons (Fsp3) is 0.143. The number of hydrogen-bond acceptors (Lipinski definition) is 5. The topological polar surface area (TPSA) is 59.9 Å². The number of rotatable bonds is 1. The molecule has 0 radical (unpaired) electrons. The van der Waals surface area contributed by atoms with Gasteiger partial charge in [0.25, 0.3) is 0 Å². The van der Waals surface area contributed by atoms with Gasteiger partial charge in [-0.2, -0.15) is 0 Å². The molecule has 0 spiro atoms. The predicted molar refractivity (Wildman–Crippen MR) is 55.5 cm³/mol. The molecule has 0 aliphatic carbocycles. The van der Waals surface area contributed by atoms with Gasteiger partial charge in [-0.25, -0.2) is 18.4 Å². The first kappa shape index (κ1) is 9.82. The summed E-state index contributed by atoms with van der Waals surface area (Å²) in [7, 11) is -3.26. The van der Waals surface area contributed by atoms with E-state index in [0.29, 0.717) is 10.2 Å². The number of nitrogens with zero attached hydrogens (tertiary/aromatic N) is 2. The van der Waals surface area contributed by atoms with Gasteiger partial charge in [-0.05, 0) is 6.07 Å². The second-order valence-corrected chi connectivity index (χ2v) is 6.25. The van der Waals surface area contributed by atoms with E-state index in [2.05, 4.69) is 9.97 Å². The van der Waals surface area contributed by atoms with Crippen molar-refractivity contribution in [3.63, 3.8) is 0 Å². The molecule has 0 saturated heterocycles. The molecule has 0 bridgehead atoms. The Balaban J connectivity index is 2.81. The van der Waals surface area contributed by atoms with Crippen molar-refractivity contribution in [3.05, 3.63) is 17.4 Å². The van der Waals surface area contributed by atoms with Gasteiger partial charge in [0.05, 0.1) is 10.2 Å². The van der Waals surface area contributed by atoms with E-state index >= 15 is 0 Å². The number of hydrogen-bond donors (Lipinski definition) is 0. The number of thiazole rings is 1. The normalized spacial score (nSPS) is 12.1. The van der Waals surface area contributed by atoms with Gasteiger partial charge < -0.3 is 0 Å². The minimum Gasteiger partial charge on any atom is -0.243 e. The fourth-order valence-corrected chi connectivity index (χ4v) is 3.03. The average Bonchev–Trinajstić information content (AvgIpc) is 2.48. The van der Waals surface area contributed by atoms with E-state index in [-0.39, 0.29) is 9.49 Å². The Hall–Kier alpha value is -0.720. The summed E-state index contributed by atoms with van der Waals surface area (Å²) in [5, 5.41) is 0.287. The van der Waals surface area contributed by atoms with Gasteiger partial charge in [0.1, 0.15) is 5.15 Å². The number of halogens is 1. The summed E-state index contributed by atoms with van der Waals surface area (Å²) in [5.41, 5.74) is 0.565. The van der Waals surface area contributed by atoms with Gasteiger partial charge in [0, 0.05) is 12.5 Å². The highest BCUT2D eigenvalue weighted by molar-refractivity contribution is 7.92. The van der Waals surface area contributed by atoms with Gasteiger partial charge in [0.2, 0.25) is 14.2 Å². The van der Waals surface area contributed by atoms with Gasteiger partial charge in [-0.3, -0.25) is 0 Å². The summed E-state index contributed by atoms with van der Waals surface area (Å²) in [6, 6.07) is 1.63. The van der Waals surface area contributed by atoms with Crippen LogP contribution in [0.3, 0.4) is 0 Å². The molecule has 2 heterocycles. The zero-order valence-electron chi connectivity index (χ0n) is 7.06.